The number of anilines is 1. The van der Waals surface area contributed by atoms with E-state index < -0.39 is 0 Å². The van der Waals surface area contributed by atoms with Crippen LogP contribution in [0.25, 0.3) is 0 Å². The van der Waals surface area contributed by atoms with Gasteiger partial charge in [0.1, 0.15) is 19.3 Å². The van der Waals surface area contributed by atoms with Crippen LogP contribution in [0.5, 0.6) is 0 Å². The Bertz CT molecular complexity index is 222. The van der Waals surface area contributed by atoms with Crippen molar-refractivity contribution < 1.29 is 9.47 Å². The standard InChI is InChI=1S/C9H14N2O2/c1-12-7-11(8-13-2)9-5-3-4-6-10-9/h3-6H,7-8H2,1-2H3. The molecule has 0 aliphatic rings. The van der Waals surface area contributed by atoms with Gasteiger partial charge in [-0.25, -0.2) is 4.98 Å². The van der Waals surface area contributed by atoms with Gasteiger partial charge in [-0.1, -0.05) is 6.07 Å². The zero-order valence-corrected chi connectivity index (χ0v) is 7.93. The van der Waals surface area contributed by atoms with Gasteiger partial charge in [0.25, 0.3) is 0 Å². The van der Waals surface area contributed by atoms with Crippen LogP contribution in [0, 0.1) is 0 Å². The molecular weight excluding hydrogens is 168 g/mol. The van der Waals surface area contributed by atoms with E-state index in [1.807, 2.05) is 23.1 Å². The Balaban J connectivity index is 2.64. The van der Waals surface area contributed by atoms with Crippen molar-refractivity contribution in [3.8, 4) is 0 Å². The number of pyridine rings is 1. The second-order valence-electron chi connectivity index (χ2n) is 2.56. The summed E-state index contributed by atoms with van der Waals surface area (Å²) in [6.07, 6.45) is 1.74. The van der Waals surface area contributed by atoms with Crippen molar-refractivity contribution in [1.29, 1.82) is 0 Å². The first-order chi connectivity index (χ1) is 6.38. The molecule has 0 amide bonds. The number of aromatic nitrogens is 1. The maximum atomic E-state index is 5.02. The summed E-state index contributed by atoms with van der Waals surface area (Å²) in [5.41, 5.74) is 0. The maximum Gasteiger partial charge on any atom is 0.132 e. The van der Waals surface area contributed by atoms with Crippen molar-refractivity contribution >= 4 is 5.82 Å². The summed E-state index contributed by atoms with van der Waals surface area (Å²) in [7, 11) is 3.29. The minimum absolute atomic E-state index is 0.477. The highest BCUT2D eigenvalue weighted by Gasteiger charge is 2.04. The van der Waals surface area contributed by atoms with Crippen LogP contribution in [-0.2, 0) is 9.47 Å². The van der Waals surface area contributed by atoms with Crippen LogP contribution in [0.3, 0.4) is 0 Å². The van der Waals surface area contributed by atoms with Crippen LogP contribution in [0.1, 0.15) is 0 Å². The van der Waals surface area contributed by atoms with Gasteiger partial charge in [0.15, 0.2) is 0 Å². The summed E-state index contributed by atoms with van der Waals surface area (Å²) >= 11 is 0. The molecule has 0 atom stereocenters. The summed E-state index contributed by atoms with van der Waals surface area (Å²) in [5.74, 6) is 0.853. The second kappa shape index (κ2) is 5.50. The summed E-state index contributed by atoms with van der Waals surface area (Å²) in [6.45, 7) is 0.954. The normalized spacial score (nSPS) is 10.0. The van der Waals surface area contributed by atoms with Crippen molar-refractivity contribution in [2.24, 2.45) is 0 Å². The van der Waals surface area contributed by atoms with E-state index >= 15 is 0 Å². The number of rotatable bonds is 5. The van der Waals surface area contributed by atoms with E-state index in [4.69, 9.17) is 9.47 Å². The largest absolute Gasteiger partial charge is 0.364 e. The van der Waals surface area contributed by atoms with Crippen molar-refractivity contribution in [3.05, 3.63) is 24.4 Å². The lowest BCUT2D eigenvalue weighted by Gasteiger charge is -2.20. The van der Waals surface area contributed by atoms with E-state index in [2.05, 4.69) is 4.98 Å². The molecule has 1 aromatic rings. The van der Waals surface area contributed by atoms with E-state index in [1.165, 1.54) is 0 Å². The third kappa shape index (κ3) is 3.01. The average Bonchev–Trinajstić information content (AvgIpc) is 2.19. The number of ether oxygens (including phenoxy) is 2. The Labute approximate surface area is 78.1 Å². The van der Waals surface area contributed by atoms with Crippen LogP contribution >= 0.6 is 0 Å². The molecular formula is C9H14N2O2. The summed E-state index contributed by atoms with van der Waals surface area (Å²) in [6, 6.07) is 5.72. The first kappa shape index (κ1) is 9.95. The predicted octanol–water partition coefficient (Wildman–Crippen LogP) is 1.10. The molecule has 0 aliphatic carbocycles. The zero-order chi connectivity index (χ0) is 9.52. The molecule has 72 valence electrons. The first-order valence-electron chi connectivity index (χ1n) is 4.02. The number of hydrogen-bond acceptors (Lipinski definition) is 4. The highest BCUT2D eigenvalue weighted by Crippen LogP contribution is 2.07. The van der Waals surface area contributed by atoms with Gasteiger partial charge in [-0.15, -0.1) is 0 Å². The third-order valence-electron chi connectivity index (χ3n) is 1.54. The van der Waals surface area contributed by atoms with Gasteiger partial charge in [0.2, 0.25) is 0 Å². The molecule has 1 aromatic heterocycles. The quantitative estimate of drug-likeness (QED) is 0.638. The molecule has 4 heteroatoms. The molecule has 0 aliphatic heterocycles. The van der Waals surface area contributed by atoms with Gasteiger partial charge in [0.05, 0.1) is 0 Å². The third-order valence-corrected chi connectivity index (χ3v) is 1.54. The lowest BCUT2D eigenvalue weighted by molar-refractivity contribution is 0.139. The van der Waals surface area contributed by atoms with Gasteiger partial charge in [-0.05, 0) is 12.1 Å². The molecule has 0 N–H and O–H groups in total. The number of methoxy groups -OCH3 is 2. The highest BCUT2D eigenvalue weighted by atomic mass is 16.5. The summed E-state index contributed by atoms with van der Waals surface area (Å²) in [5, 5.41) is 0. The van der Waals surface area contributed by atoms with Crippen LogP contribution < -0.4 is 4.90 Å². The maximum absolute atomic E-state index is 5.02. The monoisotopic (exact) mass is 182 g/mol. The summed E-state index contributed by atoms with van der Waals surface area (Å²) in [4.78, 5) is 6.07. The van der Waals surface area contributed by atoms with Gasteiger partial charge in [0, 0.05) is 20.4 Å². The fourth-order valence-electron chi connectivity index (χ4n) is 1.02. The van der Waals surface area contributed by atoms with Gasteiger partial charge >= 0.3 is 0 Å². The smallest absolute Gasteiger partial charge is 0.132 e. The van der Waals surface area contributed by atoms with Crippen LogP contribution in [0.2, 0.25) is 0 Å². The minimum Gasteiger partial charge on any atom is -0.364 e. The molecule has 0 fully saturated rings. The van der Waals surface area contributed by atoms with Crippen LogP contribution in [0.4, 0.5) is 5.82 Å². The fourth-order valence-corrected chi connectivity index (χ4v) is 1.02. The molecule has 1 heterocycles. The molecule has 0 bridgehead atoms. The van der Waals surface area contributed by atoms with Gasteiger partial charge < -0.3 is 14.4 Å². The topological polar surface area (TPSA) is 34.6 Å². The van der Waals surface area contributed by atoms with Crippen molar-refractivity contribution in [3.63, 3.8) is 0 Å². The van der Waals surface area contributed by atoms with Gasteiger partial charge in [-0.2, -0.15) is 0 Å². The van der Waals surface area contributed by atoms with Crippen LogP contribution in [0.15, 0.2) is 24.4 Å². The molecule has 4 nitrogen and oxygen atoms in total. The molecule has 0 saturated heterocycles. The fraction of sp³-hybridized carbons (Fsp3) is 0.444. The molecule has 0 radical (unpaired) electrons. The van der Waals surface area contributed by atoms with Gasteiger partial charge in [-0.3, -0.25) is 0 Å². The lowest BCUT2D eigenvalue weighted by atomic mass is 10.4. The van der Waals surface area contributed by atoms with Crippen molar-refractivity contribution in [1.82, 2.24) is 4.98 Å². The second-order valence-corrected chi connectivity index (χ2v) is 2.56. The molecule has 0 spiro atoms. The molecule has 0 unspecified atom stereocenters. The Kier molecular flexibility index (Phi) is 4.21. The molecule has 13 heavy (non-hydrogen) atoms. The van der Waals surface area contributed by atoms with E-state index in [0.717, 1.165) is 5.82 Å². The number of hydrogen-bond donors (Lipinski definition) is 0. The Hall–Kier alpha value is -1.13. The van der Waals surface area contributed by atoms with E-state index in [0.29, 0.717) is 13.5 Å². The zero-order valence-electron chi connectivity index (χ0n) is 7.93. The SMILES string of the molecule is COCN(COC)c1ccccn1. The minimum atomic E-state index is 0.477. The van der Waals surface area contributed by atoms with Crippen molar-refractivity contribution in [2.75, 3.05) is 32.6 Å². The Morgan fingerprint density at radius 1 is 1.23 bits per heavy atom. The Morgan fingerprint density at radius 2 is 1.92 bits per heavy atom. The van der Waals surface area contributed by atoms with E-state index in [1.54, 1.807) is 20.4 Å². The highest BCUT2D eigenvalue weighted by molar-refractivity contribution is 5.36. The summed E-state index contributed by atoms with van der Waals surface area (Å²) < 4.78 is 10.0. The molecule has 0 saturated carbocycles. The lowest BCUT2D eigenvalue weighted by Crippen LogP contribution is -2.28. The predicted molar refractivity (Wildman–Crippen MR) is 50.5 cm³/mol. The first-order valence-corrected chi connectivity index (χ1v) is 4.02. The number of nitrogens with zero attached hydrogens (tertiary/aromatic N) is 2. The Morgan fingerprint density at radius 3 is 2.38 bits per heavy atom. The van der Waals surface area contributed by atoms with E-state index in [9.17, 15) is 0 Å². The van der Waals surface area contributed by atoms with Crippen molar-refractivity contribution in [2.45, 2.75) is 0 Å². The average molecular weight is 182 g/mol. The molecule has 1 rings (SSSR count). The van der Waals surface area contributed by atoms with Crippen LogP contribution in [-0.4, -0.2) is 32.7 Å². The molecule has 0 aromatic carbocycles. The van der Waals surface area contributed by atoms with E-state index in [-0.39, 0.29) is 0 Å².